The van der Waals surface area contributed by atoms with E-state index in [2.05, 4.69) is 10.4 Å². The Hall–Kier alpha value is -1.75. The van der Waals surface area contributed by atoms with E-state index in [-0.39, 0.29) is 16.5 Å². The molecule has 0 aliphatic heterocycles. The summed E-state index contributed by atoms with van der Waals surface area (Å²) in [4.78, 5) is 3.94. The van der Waals surface area contributed by atoms with Crippen molar-refractivity contribution in [1.82, 2.24) is 4.98 Å². The number of hydrogen-bond donors (Lipinski definition) is 2. The molecule has 0 amide bonds. The fourth-order valence-electron chi connectivity index (χ4n) is 1.64. The van der Waals surface area contributed by atoms with Crippen LogP contribution in [-0.4, -0.2) is 4.98 Å². The molecule has 0 fully saturated rings. The first-order chi connectivity index (χ1) is 7.54. The van der Waals surface area contributed by atoms with Crippen LogP contribution in [0.2, 0.25) is 0 Å². The Labute approximate surface area is 91.3 Å². The van der Waals surface area contributed by atoms with Gasteiger partial charge in [0.15, 0.2) is 0 Å². The first kappa shape index (κ1) is 10.8. The molecule has 16 heavy (non-hydrogen) atoms. The number of aryl methyl sites for hydroxylation is 2. The van der Waals surface area contributed by atoms with Gasteiger partial charge in [-0.15, -0.1) is 0 Å². The number of hydrazine groups is 1. The van der Waals surface area contributed by atoms with Gasteiger partial charge >= 0.3 is 0 Å². The van der Waals surface area contributed by atoms with E-state index in [9.17, 15) is 8.78 Å². The summed E-state index contributed by atoms with van der Waals surface area (Å²) in [7, 11) is 0. The first-order valence-corrected chi connectivity index (χ1v) is 4.77. The van der Waals surface area contributed by atoms with E-state index < -0.39 is 11.6 Å². The van der Waals surface area contributed by atoms with E-state index in [0.717, 1.165) is 6.07 Å². The number of nitrogen functional groups attached to an aromatic ring is 1. The van der Waals surface area contributed by atoms with Crippen LogP contribution in [0.25, 0.3) is 10.9 Å². The Kier molecular flexibility index (Phi) is 2.47. The summed E-state index contributed by atoms with van der Waals surface area (Å²) in [5, 5.41) is 0.175. The van der Waals surface area contributed by atoms with E-state index in [4.69, 9.17) is 5.84 Å². The summed E-state index contributed by atoms with van der Waals surface area (Å²) >= 11 is 0. The number of nitrogens with two attached hydrogens (primary N) is 1. The maximum absolute atomic E-state index is 13.7. The molecule has 0 atom stereocenters. The van der Waals surface area contributed by atoms with Gasteiger partial charge in [0.1, 0.15) is 23.0 Å². The highest BCUT2D eigenvalue weighted by Gasteiger charge is 2.13. The van der Waals surface area contributed by atoms with Crippen molar-refractivity contribution in [1.29, 1.82) is 0 Å². The zero-order chi connectivity index (χ0) is 11.9. The summed E-state index contributed by atoms with van der Waals surface area (Å²) < 4.78 is 27.3. The molecule has 5 heteroatoms. The van der Waals surface area contributed by atoms with Gasteiger partial charge in [-0.1, -0.05) is 0 Å². The number of pyridine rings is 1. The highest BCUT2D eigenvalue weighted by atomic mass is 19.1. The summed E-state index contributed by atoms with van der Waals surface area (Å²) in [6.07, 6.45) is 0. The topological polar surface area (TPSA) is 50.9 Å². The minimum absolute atomic E-state index is 0.0124. The van der Waals surface area contributed by atoms with Crippen molar-refractivity contribution in [2.45, 2.75) is 13.8 Å². The number of anilines is 1. The number of nitrogens with zero attached hydrogens (tertiary/aromatic N) is 1. The van der Waals surface area contributed by atoms with Crippen LogP contribution < -0.4 is 11.3 Å². The molecule has 0 aliphatic rings. The lowest BCUT2D eigenvalue weighted by molar-refractivity contribution is 0.608. The van der Waals surface area contributed by atoms with Crippen LogP contribution in [0, 0.1) is 25.5 Å². The molecule has 1 heterocycles. The highest BCUT2D eigenvalue weighted by molar-refractivity contribution is 5.83. The summed E-state index contributed by atoms with van der Waals surface area (Å²) in [5.41, 5.74) is 3.27. The quantitative estimate of drug-likeness (QED) is 0.576. The van der Waals surface area contributed by atoms with Crippen LogP contribution in [0.1, 0.15) is 11.1 Å². The maximum atomic E-state index is 13.7. The number of benzene rings is 1. The molecule has 0 saturated heterocycles. The molecule has 1 aromatic heterocycles. The zero-order valence-electron chi connectivity index (χ0n) is 8.94. The molecule has 2 rings (SSSR count). The minimum Gasteiger partial charge on any atom is -0.308 e. The number of nitrogens with one attached hydrogen (secondary N) is 1. The smallest absolute Gasteiger partial charge is 0.149 e. The zero-order valence-corrected chi connectivity index (χ0v) is 8.94. The monoisotopic (exact) mass is 223 g/mol. The first-order valence-electron chi connectivity index (χ1n) is 4.77. The van der Waals surface area contributed by atoms with Crippen molar-refractivity contribution < 1.29 is 8.78 Å². The molecule has 3 nitrogen and oxygen atoms in total. The van der Waals surface area contributed by atoms with Gasteiger partial charge in [-0.2, -0.15) is 0 Å². The van der Waals surface area contributed by atoms with Crippen LogP contribution in [0.5, 0.6) is 0 Å². The lowest BCUT2D eigenvalue weighted by Crippen LogP contribution is -2.10. The van der Waals surface area contributed by atoms with Crippen LogP contribution in [0.3, 0.4) is 0 Å². The fourth-order valence-corrected chi connectivity index (χ4v) is 1.64. The predicted molar refractivity (Wildman–Crippen MR) is 58.9 cm³/mol. The maximum Gasteiger partial charge on any atom is 0.149 e. The molecule has 0 radical (unpaired) electrons. The molecular formula is C11H11F2N3. The second-order valence-corrected chi connectivity index (χ2v) is 3.68. The normalized spacial score (nSPS) is 10.8. The Morgan fingerprint density at radius 2 is 1.88 bits per heavy atom. The number of hydrogen-bond acceptors (Lipinski definition) is 3. The van der Waals surface area contributed by atoms with E-state index in [0.29, 0.717) is 11.4 Å². The van der Waals surface area contributed by atoms with Gasteiger partial charge in [-0.05, 0) is 37.1 Å². The Bertz CT molecular complexity index is 567. The van der Waals surface area contributed by atoms with E-state index >= 15 is 0 Å². The largest absolute Gasteiger partial charge is 0.308 e. The third kappa shape index (κ3) is 1.49. The Balaban J connectivity index is 2.90. The van der Waals surface area contributed by atoms with Gasteiger partial charge in [0.25, 0.3) is 0 Å². The number of fused-ring (bicyclic) bond motifs is 1. The molecule has 0 unspecified atom stereocenters. The van der Waals surface area contributed by atoms with Crippen molar-refractivity contribution in [3.63, 3.8) is 0 Å². The van der Waals surface area contributed by atoms with Crippen molar-refractivity contribution in [3.8, 4) is 0 Å². The van der Waals surface area contributed by atoms with Gasteiger partial charge in [-0.3, -0.25) is 0 Å². The lowest BCUT2D eigenvalue weighted by atomic mass is 10.1. The molecule has 84 valence electrons. The fraction of sp³-hybridized carbons (Fsp3) is 0.182. The van der Waals surface area contributed by atoms with Gasteiger partial charge in [0, 0.05) is 5.39 Å². The van der Waals surface area contributed by atoms with Crippen LogP contribution in [0.4, 0.5) is 14.6 Å². The molecule has 0 saturated carbocycles. The summed E-state index contributed by atoms with van der Waals surface area (Å²) in [5.74, 6) is 4.57. The Morgan fingerprint density at radius 3 is 2.50 bits per heavy atom. The standard InChI is InChI=1S/C11H11F2N3/c1-5-4-8(12)10-7(9(5)13)3-6(2)11(15-10)16-14/h3-4H,14H2,1-2H3,(H,15,16). The summed E-state index contributed by atoms with van der Waals surface area (Å²) in [6, 6.07) is 2.66. The van der Waals surface area contributed by atoms with Gasteiger partial charge < -0.3 is 5.43 Å². The third-order valence-corrected chi connectivity index (χ3v) is 2.50. The van der Waals surface area contributed by atoms with Crippen molar-refractivity contribution in [2.24, 2.45) is 5.84 Å². The molecule has 0 bridgehead atoms. The second kappa shape index (κ2) is 3.68. The van der Waals surface area contributed by atoms with Gasteiger partial charge in [0.05, 0.1) is 0 Å². The van der Waals surface area contributed by atoms with E-state index in [1.54, 1.807) is 6.92 Å². The average molecular weight is 223 g/mol. The SMILES string of the molecule is Cc1cc2c(F)c(C)cc(F)c2nc1NN. The van der Waals surface area contributed by atoms with Crippen LogP contribution >= 0.6 is 0 Å². The van der Waals surface area contributed by atoms with Gasteiger partial charge in [0.2, 0.25) is 0 Å². The average Bonchev–Trinajstić information content (AvgIpc) is 2.25. The van der Waals surface area contributed by atoms with E-state index in [1.165, 1.54) is 13.0 Å². The van der Waals surface area contributed by atoms with Crippen molar-refractivity contribution >= 4 is 16.7 Å². The molecule has 1 aromatic carbocycles. The van der Waals surface area contributed by atoms with Crippen molar-refractivity contribution in [3.05, 3.63) is 34.9 Å². The summed E-state index contributed by atoms with van der Waals surface area (Å²) in [6.45, 7) is 3.24. The molecule has 3 N–H and O–H groups in total. The number of halogens is 2. The number of aromatic nitrogens is 1. The molecule has 0 spiro atoms. The minimum atomic E-state index is -0.551. The van der Waals surface area contributed by atoms with Crippen LogP contribution in [-0.2, 0) is 0 Å². The number of rotatable bonds is 1. The Morgan fingerprint density at radius 1 is 1.19 bits per heavy atom. The lowest BCUT2D eigenvalue weighted by Gasteiger charge is -2.08. The predicted octanol–water partition coefficient (Wildman–Crippen LogP) is 2.42. The van der Waals surface area contributed by atoms with E-state index in [1.807, 2.05) is 0 Å². The molecular weight excluding hydrogens is 212 g/mol. The third-order valence-electron chi connectivity index (χ3n) is 2.50. The van der Waals surface area contributed by atoms with Crippen molar-refractivity contribution in [2.75, 3.05) is 5.43 Å². The van der Waals surface area contributed by atoms with Crippen LogP contribution in [0.15, 0.2) is 12.1 Å². The highest BCUT2D eigenvalue weighted by Crippen LogP contribution is 2.26. The molecule has 0 aliphatic carbocycles. The second-order valence-electron chi connectivity index (χ2n) is 3.68. The molecule has 2 aromatic rings. The van der Waals surface area contributed by atoms with Gasteiger partial charge in [-0.25, -0.2) is 19.6 Å².